The number of thiazole rings is 1. The van der Waals surface area contributed by atoms with Crippen LogP contribution in [-0.2, 0) is 26.1 Å². The molecule has 0 saturated heterocycles. The van der Waals surface area contributed by atoms with Gasteiger partial charge in [0.1, 0.15) is 16.5 Å². The summed E-state index contributed by atoms with van der Waals surface area (Å²) in [5.74, 6) is 1.06. The Morgan fingerprint density at radius 3 is 2.19 bits per heavy atom. The normalized spacial score (nSPS) is 11.2. The second-order valence-electron chi connectivity index (χ2n) is 10.4. The molecule has 0 atom stereocenters. The van der Waals surface area contributed by atoms with Gasteiger partial charge in [0.25, 0.3) is 5.91 Å². The van der Waals surface area contributed by atoms with Crippen LogP contribution in [0.1, 0.15) is 32.2 Å². The first-order valence-corrected chi connectivity index (χ1v) is 14.8. The van der Waals surface area contributed by atoms with E-state index in [2.05, 4.69) is 9.80 Å². The highest BCUT2D eigenvalue weighted by Crippen LogP contribution is 2.28. The predicted octanol–water partition coefficient (Wildman–Crippen LogP) is 5.75. The number of hydrogen-bond acceptors (Lipinski definition) is 7. The number of methoxy groups -OCH3 is 2. The molecular formula is C33H39FN4O3S. The van der Waals surface area contributed by atoms with E-state index in [0.717, 1.165) is 41.2 Å². The number of likely N-dealkylation sites (N-methyl/N-ethyl adjacent to an activating group) is 1. The first-order chi connectivity index (χ1) is 20.3. The van der Waals surface area contributed by atoms with E-state index < -0.39 is 0 Å². The fourth-order valence-corrected chi connectivity index (χ4v) is 5.41. The third kappa shape index (κ3) is 9.11. The minimum Gasteiger partial charge on any atom is -0.493 e. The lowest BCUT2D eigenvalue weighted by atomic mass is 10.1. The van der Waals surface area contributed by atoms with Crippen LogP contribution in [0.3, 0.4) is 0 Å². The monoisotopic (exact) mass is 590 g/mol. The lowest BCUT2D eigenvalue weighted by Crippen LogP contribution is -2.36. The van der Waals surface area contributed by atoms with Gasteiger partial charge in [0.15, 0.2) is 11.5 Å². The zero-order valence-electron chi connectivity index (χ0n) is 24.8. The molecule has 222 valence electrons. The van der Waals surface area contributed by atoms with E-state index in [0.29, 0.717) is 43.4 Å². The van der Waals surface area contributed by atoms with Gasteiger partial charge in [-0.3, -0.25) is 9.69 Å². The van der Waals surface area contributed by atoms with Crippen molar-refractivity contribution >= 4 is 17.2 Å². The highest BCUT2D eigenvalue weighted by Gasteiger charge is 2.20. The van der Waals surface area contributed by atoms with Crippen molar-refractivity contribution in [3.05, 3.63) is 111 Å². The van der Waals surface area contributed by atoms with Gasteiger partial charge in [-0.25, -0.2) is 9.37 Å². The number of rotatable bonds is 15. The molecule has 0 aliphatic rings. The molecule has 0 aliphatic heterocycles. The maximum Gasteiger partial charge on any atom is 0.273 e. The second-order valence-corrected chi connectivity index (χ2v) is 11.4. The van der Waals surface area contributed by atoms with Crippen LogP contribution >= 0.6 is 11.3 Å². The van der Waals surface area contributed by atoms with Gasteiger partial charge in [-0.05, 0) is 61.5 Å². The molecule has 4 aromatic rings. The number of benzene rings is 3. The third-order valence-corrected chi connectivity index (χ3v) is 7.77. The van der Waals surface area contributed by atoms with Crippen molar-refractivity contribution in [2.45, 2.75) is 26.1 Å². The van der Waals surface area contributed by atoms with E-state index in [9.17, 15) is 9.18 Å². The van der Waals surface area contributed by atoms with Gasteiger partial charge < -0.3 is 19.3 Å². The number of aromatic nitrogens is 1. The minimum absolute atomic E-state index is 0.0707. The maximum atomic E-state index is 13.6. The van der Waals surface area contributed by atoms with Gasteiger partial charge >= 0.3 is 0 Å². The van der Waals surface area contributed by atoms with Crippen LogP contribution < -0.4 is 9.47 Å². The van der Waals surface area contributed by atoms with Crippen LogP contribution in [0.4, 0.5) is 4.39 Å². The Morgan fingerprint density at radius 1 is 0.810 bits per heavy atom. The zero-order valence-corrected chi connectivity index (χ0v) is 25.6. The fraction of sp³-hybridized carbons (Fsp3) is 0.333. The average Bonchev–Trinajstić information content (AvgIpc) is 3.47. The van der Waals surface area contributed by atoms with E-state index in [1.807, 2.05) is 85.0 Å². The predicted molar refractivity (Wildman–Crippen MR) is 166 cm³/mol. The zero-order chi connectivity index (χ0) is 29.9. The van der Waals surface area contributed by atoms with E-state index in [1.165, 1.54) is 23.5 Å². The highest BCUT2D eigenvalue weighted by atomic mass is 32.1. The molecule has 0 fully saturated rings. The molecule has 3 aromatic carbocycles. The quantitative estimate of drug-likeness (QED) is 0.176. The first kappa shape index (κ1) is 31.2. The molecule has 0 N–H and O–H groups in total. The van der Waals surface area contributed by atoms with Crippen LogP contribution in [0.5, 0.6) is 11.5 Å². The Labute approximate surface area is 252 Å². The summed E-state index contributed by atoms with van der Waals surface area (Å²) in [4.78, 5) is 24.6. The van der Waals surface area contributed by atoms with Crippen molar-refractivity contribution in [1.82, 2.24) is 19.7 Å². The van der Waals surface area contributed by atoms with Crippen molar-refractivity contribution in [3.63, 3.8) is 0 Å². The molecule has 1 heterocycles. The van der Waals surface area contributed by atoms with E-state index in [1.54, 1.807) is 14.2 Å². The number of carbonyl (C=O) groups excluding carboxylic acids is 1. The number of carbonyl (C=O) groups is 1. The van der Waals surface area contributed by atoms with E-state index in [-0.39, 0.29) is 11.7 Å². The van der Waals surface area contributed by atoms with Gasteiger partial charge in [-0.1, -0.05) is 48.5 Å². The molecule has 4 rings (SSSR count). The van der Waals surface area contributed by atoms with Gasteiger partial charge in [0, 0.05) is 38.1 Å². The van der Waals surface area contributed by atoms with Crippen LogP contribution in [0, 0.1) is 5.82 Å². The SMILES string of the molecule is COc1ccc(CCN(Cc2ccc(F)cc2)Cc2nc(C(=O)N(CCN(C)C)Cc3ccccc3)cs2)cc1OC. The number of amides is 1. The van der Waals surface area contributed by atoms with Crippen molar-refractivity contribution in [2.24, 2.45) is 0 Å². The molecule has 1 amide bonds. The molecular weight excluding hydrogens is 551 g/mol. The molecule has 0 unspecified atom stereocenters. The second kappa shape index (κ2) is 15.4. The van der Waals surface area contributed by atoms with Crippen LogP contribution in [0.25, 0.3) is 0 Å². The minimum atomic E-state index is -0.256. The van der Waals surface area contributed by atoms with Gasteiger partial charge in [0.05, 0.1) is 20.8 Å². The summed E-state index contributed by atoms with van der Waals surface area (Å²) < 4.78 is 24.4. The smallest absolute Gasteiger partial charge is 0.273 e. The summed E-state index contributed by atoms with van der Waals surface area (Å²) in [5, 5.41) is 2.72. The van der Waals surface area contributed by atoms with Crippen LogP contribution in [-0.4, -0.2) is 73.5 Å². The Kier molecular flexibility index (Phi) is 11.5. The Hall–Kier alpha value is -3.79. The number of nitrogens with zero attached hydrogens (tertiary/aromatic N) is 4. The van der Waals surface area contributed by atoms with Crippen molar-refractivity contribution < 1.29 is 18.7 Å². The van der Waals surface area contributed by atoms with Gasteiger partial charge in [-0.15, -0.1) is 11.3 Å². The molecule has 7 nitrogen and oxygen atoms in total. The van der Waals surface area contributed by atoms with Gasteiger partial charge in [-0.2, -0.15) is 0 Å². The van der Waals surface area contributed by atoms with Gasteiger partial charge in [0.2, 0.25) is 0 Å². The van der Waals surface area contributed by atoms with E-state index >= 15 is 0 Å². The lowest BCUT2D eigenvalue weighted by Gasteiger charge is -2.24. The maximum absolute atomic E-state index is 13.6. The Bertz CT molecular complexity index is 1410. The topological polar surface area (TPSA) is 58.1 Å². The number of ether oxygens (including phenoxy) is 2. The molecule has 9 heteroatoms. The molecule has 0 spiro atoms. The number of halogens is 1. The first-order valence-electron chi connectivity index (χ1n) is 13.9. The Morgan fingerprint density at radius 2 is 1.50 bits per heavy atom. The lowest BCUT2D eigenvalue weighted by molar-refractivity contribution is 0.0726. The molecule has 0 aliphatic carbocycles. The molecule has 42 heavy (non-hydrogen) atoms. The van der Waals surface area contributed by atoms with E-state index in [4.69, 9.17) is 14.5 Å². The van der Waals surface area contributed by atoms with Crippen molar-refractivity contribution in [3.8, 4) is 11.5 Å². The summed E-state index contributed by atoms with van der Waals surface area (Å²) in [6, 6.07) is 22.5. The summed E-state index contributed by atoms with van der Waals surface area (Å²) in [5.41, 5.74) is 3.67. The summed E-state index contributed by atoms with van der Waals surface area (Å²) >= 11 is 1.49. The molecule has 0 bridgehead atoms. The molecule has 1 aromatic heterocycles. The summed E-state index contributed by atoms with van der Waals surface area (Å²) in [6.07, 6.45) is 0.772. The van der Waals surface area contributed by atoms with Crippen LogP contribution in [0.2, 0.25) is 0 Å². The average molecular weight is 591 g/mol. The molecule has 0 radical (unpaired) electrons. The highest BCUT2D eigenvalue weighted by molar-refractivity contribution is 7.09. The Balaban J connectivity index is 1.49. The fourth-order valence-electron chi connectivity index (χ4n) is 4.60. The van der Waals surface area contributed by atoms with Crippen molar-refractivity contribution in [1.29, 1.82) is 0 Å². The standard InChI is InChI=1S/C33H39FN4O3S/c1-36(2)18-19-38(22-26-8-6-5-7-9-26)33(39)29-24-42-32(35-29)23-37(21-27-10-13-28(34)14-11-27)17-16-25-12-15-30(40-3)31(20-25)41-4/h5-15,20,24H,16-19,21-23H2,1-4H3. The van der Waals surface area contributed by atoms with Crippen molar-refractivity contribution in [2.75, 3.05) is 47.9 Å². The number of hydrogen-bond donors (Lipinski definition) is 0. The molecule has 0 saturated carbocycles. The summed E-state index contributed by atoms with van der Waals surface area (Å²) in [7, 11) is 7.26. The largest absolute Gasteiger partial charge is 0.493 e. The van der Waals surface area contributed by atoms with Crippen LogP contribution in [0.15, 0.2) is 78.2 Å². The third-order valence-electron chi connectivity index (χ3n) is 6.93. The summed E-state index contributed by atoms with van der Waals surface area (Å²) in [6.45, 7) is 3.83.